The standard InChI is InChI=1S/C53H32N2O/c1-2-14-34(15-3-1)47-32-48(38-26-25-33-13-4-5-16-35(33)29-38)55-52(54-47)39-18-12-17-36(30-39)37-27-28-42-46(31-37)53(51-50(42)43-21-8-11-24-49(43)56-51)44-22-9-6-19-40(44)41-20-7-10-23-45(41)53/h1-32H. The van der Waals surface area contributed by atoms with E-state index in [-0.39, 0.29) is 0 Å². The predicted octanol–water partition coefficient (Wildman–Crippen LogP) is 13.4. The number of benzene rings is 8. The molecule has 10 aromatic rings. The molecule has 1 spiro atoms. The number of hydrogen-bond acceptors (Lipinski definition) is 3. The Bertz CT molecular complexity index is 3170. The summed E-state index contributed by atoms with van der Waals surface area (Å²) in [5, 5.41) is 3.54. The Labute approximate surface area is 324 Å². The van der Waals surface area contributed by atoms with E-state index in [0.29, 0.717) is 5.82 Å². The van der Waals surface area contributed by atoms with Crippen molar-refractivity contribution in [3.8, 4) is 67.3 Å². The molecule has 0 atom stereocenters. The van der Waals surface area contributed by atoms with Gasteiger partial charge in [0.05, 0.1) is 11.4 Å². The maximum Gasteiger partial charge on any atom is 0.160 e. The minimum atomic E-state index is -0.577. The van der Waals surface area contributed by atoms with Crippen LogP contribution in [0.4, 0.5) is 0 Å². The maximum atomic E-state index is 6.97. The average molecular weight is 713 g/mol. The summed E-state index contributed by atoms with van der Waals surface area (Å²) in [5.74, 6) is 1.70. The third-order valence-corrected chi connectivity index (χ3v) is 11.9. The zero-order valence-electron chi connectivity index (χ0n) is 30.3. The van der Waals surface area contributed by atoms with Gasteiger partial charge in [0, 0.05) is 27.6 Å². The van der Waals surface area contributed by atoms with Crippen molar-refractivity contribution in [2.24, 2.45) is 0 Å². The summed E-state index contributed by atoms with van der Waals surface area (Å²) in [7, 11) is 0. The fourth-order valence-electron chi connectivity index (χ4n) is 9.39. The molecule has 2 aliphatic rings. The van der Waals surface area contributed by atoms with Gasteiger partial charge in [-0.15, -0.1) is 0 Å². The molecule has 0 N–H and O–H groups in total. The second kappa shape index (κ2) is 11.8. The third kappa shape index (κ3) is 4.40. The molecule has 2 aliphatic carbocycles. The Morgan fingerprint density at radius 2 is 1.00 bits per heavy atom. The van der Waals surface area contributed by atoms with Crippen LogP contribution >= 0.6 is 0 Å². The number of furan rings is 1. The molecule has 0 saturated carbocycles. The summed E-state index contributed by atoms with van der Waals surface area (Å²) in [5.41, 5.74) is 16.1. The van der Waals surface area contributed by atoms with E-state index in [4.69, 9.17) is 14.4 Å². The van der Waals surface area contributed by atoms with E-state index in [1.165, 1.54) is 49.7 Å². The first kappa shape index (κ1) is 31.0. The lowest BCUT2D eigenvalue weighted by Gasteiger charge is -2.28. The molecule has 0 unspecified atom stereocenters. The van der Waals surface area contributed by atoms with E-state index < -0.39 is 5.41 Å². The normalized spacial score (nSPS) is 13.1. The van der Waals surface area contributed by atoms with Crippen molar-refractivity contribution >= 4 is 21.7 Å². The molecule has 0 bridgehead atoms. The molecule has 2 heterocycles. The first-order valence-electron chi connectivity index (χ1n) is 19.1. The molecule has 0 saturated heterocycles. The van der Waals surface area contributed by atoms with Gasteiger partial charge in [-0.25, -0.2) is 9.97 Å². The Balaban J connectivity index is 1.05. The SMILES string of the molecule is c1ccc(-c2cc(-c3ccc4ccccc4c3)nc(-c3cccc(-c4ccc5c(c4)C4(c6ccccc6-c6ccccc64)c4oc6ccccc6c4-5)c3)n2)cc1. The lowest BCUT2D eigenvalue weighted by atomic mass is 9.72. The number of nitrogens with zero attached hydrogens (tertiary/aromatic N) is 2. The third-order valence-electron chi connectivity index (χ3n) is 11.9. The van der Waals surface area contributed by atoms with Crippen LogP contribution in [-0.2, 0) is 5.41 Å². The maximum absolute atomic E-state index is 6.97. The van der Waals surface area contributed by atoms with Gasteiger partial charge in [-0.1, -0.05) is 164 Å². The molecule has 56 heavy (non-hydrogen) atoms. The lowest BCUT2D eigenvalue weighted by Crippen LogP contribution is -2.25. The molecule has 8 aromatic carbocycles. The van der Waals surface area contributed by atoms with Crippen LogP contribution < -0.4 is 0 Å². The van der Waals surface area contributed by atoms with Gasteiger partial charge in [-0.05, 0) is 85.6 Å². The fourth-order valence-corrected chi connectivity index (χ4v) is 9.39. The van der Waals surface area contributed by atoms with Crippen molar-refractivity contribution in [3.05, 3.63) is 217 Å². The van der Waals surface area contributed by atoms with Crippen LogP contribution in [0, 0.1) is 0 Å². The summed E-state index contributed by atoms with van der Waals surface area (Å²) in [6.07, 6.45) is 0. The van der Waals surface area contributed by atoms with Crippen LogP contribution in [0.25, 0.3) is 89.0 Å². The van der Waals surface area contributed by atoms with E-state index in [1.54, 1.807) is 0 Å². The molecule has 3 nitrogen and oxygen atoms in total. The first-order chi connectivity index (χ1) is 27.7. The van der Waals surface area contributed by atoms with Crippen LogP contribution in [-0.4, -0.2) is 9.97 Å². The minimum Gasteiger partial charge on any atom is -0.459 e. The molecule has 0 aliphatic heterocycles. The van der Waals surface area contributed by atoms with Crippen LogP contribution in [0.2, 0.25) is 0 Å². The second-order valence-electron chi connectivity index (χ2n) is 14.9. The predicted molar refractivity (Wildman–Crippen MR) is 227 cm³/mol. The van der Waals surface area contributed by atoms with E-state index >= 15 is 0 Å². The smallest absolute Gasteiger partial charge is 0.160 e. The number of aromatic nitrogens is 2. The Kier molecular flexibility index (Phi) is 6.55. The van der Waals surface area contributed by atoms with E-state index in [0.717, 1.165) is 55.9 Å². The molecular weight excluding hydrogens is 681 g/mol. The number of hydrogen-bond donors (Lipinski definition) is 0. The monoisotopic (exact) mass is 712 g/mol. The van der Waals surface area contributed by atoms with Crippen LogP contribution in [0.15, 0.2) is 199 Å². The zero-order chi connectivity index (χ0) is 36.8. The lowest BCUT2D eigenvalue weighted by molar-refractivity contribution is 0.507. The van der Waals surface area contributed by atoms with Gasteiger partial charge in [0.1, 0.15) is 16.8 Å². The average Bonchev–Trinajstić information content (AvgIpc) is 3.90. The van der Waals surface area contributed by atoms with Gasteiger partial charge >= 0.3 is 0 Å². The molecule has 12 rings (SSSR count). The van der Waals surface area contributed by atoms with E-state index in [1.807, 2.05) is 6.07 Å². The Morgan fingerprint density at radius 1 is 0.375 bits per heavy atom. The van der Waals surface area contributed by atoms with Crippen molar-refractivity contribution in [2.75, 3.05) is 0 Å². The van der Waals surface area contributed by atoms with Gasteiger partial charge in [0.25, 0.3) is 0 Å². The van der Waals surface area contributed by atoms with Crippen molar-refractivity contribution in [2.45, 2.75) is 5.41 Å². The highest BCUT2D eigenvalue weighted by Gasteiger charge is 2.55. The molecule has 2 aromatic heterocycles. The summed E-state index contributed by atoms with van der Waals surface area (Å²) < 4.78 is 6.97. The molecule has 260 valence electrons. The van der Waals surface area contributed by atoms with Crippen molar-refractivity contribution in [1.82, 2.24) is 9.97 Å². The minimum absolute atomic E-state index is 0.577. The fraction of sp³-hybridized carbons (Fsp3) is 0.0189. The van der Waals surface area contributed by atoms with Gasteiger partial charge in [0.2, 0.25) is 0 Å². The highest BCUT2D eigenvalue weighted by Crippen LogP contribution is 2.64. The number of fused-ring (bicyclic) bond motifs is 13. The van der Waals surface area contributed by atoms with Gasteiger partial charge < -0.3 is 4.42 Å². The van der Waals surface area contributed by atoms with Gasteiger partial charge in [0.15, 0.2) is 5.82 Å². The largest absolute Gasteiger partial charge is 0.459 e. The van der Waals surface area contributed by atoms with Gasteiger partial charge in [-0.2, -0.15) is 0 Å². The Morgan fingerprint density at radius 3 is 1.82 bits per heavy atom. The molecule has 3 heteroatoms. The van der Waals surface area contributed by atoms with E-state index in [2.05, 4.69) is 188 Å². The quantitative estimate of drug-likeness (QED) is 0.182. The molecule has 0 radical (unpaired) electrons. The molecular formula is C53H32N2O. The van der Waals surface area contributed by atoms with Crippen LogP contribution in [0.1, 0.15) is 22.5 Å². The van der Waals surface area contributed by atoms with E-state index in [9.17, 15) is 0 Å². The highest BCUT2D eigenvalue weighted by molar-refractivity contribution is 6.05. The Hall–Kier alpha value is -7.36. The summed E-state index contributed by atoms with van der Waals surface area (Å²) in [6, 6.07) is 69.3. The van der Waals surface area contributed by atoms with Gasteiger partial charge in [-0.3, -0.25) is 0 Å². The van der Waals surface area contributed by atoms with Crippen molar-refractivity contribution in [3.63, 3.8) is 0 Å². The summed E-state index contributed by atoms with van der Waals surface area (Å²) in [4.78, 5) is 10.4. The molecule has 0 amide bonds. The topological polar surface area (TPSA) is 38.9 Å². The zero-order valence-corrected chi connectivity index (χ0v) is 30.3. The summed E-state index contributed by atoms with van der Waals surface area (Å²) in [6.45, 7) is 0. The second-order valence-corrected chi connectivity index (χ2v) is 14.9. The first-order valence-corrected chi connectivity index (χ1v) is 19.1. The summed E-state index contributed by atoms with van der Waals surface area (Å²) >= 11 is 0. The molecule has 0 fully saturated rings. The number of para-hydroxylation sites is 1. The number of rotatable bonds is 4. The van der Waals surface area contributed by atoms with Crippen LogP contribution in [0.3, 0.4) is 0 Å². The van der Waals surface area contributed by atoms with Crippen LogP contribution in [0.5, 0.6) is 0 Å². The highest BCUT2D eigenvalue weighted by atomic mass is 16.3. The van der Waals surface area contributed by atoms with Crippen molar-refractivity contribution in [1.29, 1.82) is 0 Å². The van der Waals surface area contributed by atoms with Crippen molar-refractivity contribution < 1.29 is 4.42 Å².